The molecule has 3 heterocycles. The molecule has 0 bridgehead atoms. The van der Waals surface area contributed by atoms with Gasteiger partial charge in [-0.25, -0.2) is 0 Å². The van der Waals surface area contributed by atoms with Crippen LogP contribution in [0, 0.1) is 11.8 Å². The van der Waals surface area contributed by atoms with Crippen molar-refractivity contribution in [2.24, 2.45) is 11.8 Å². The van der Waals surface area contributed by atoms with Crippen molar-refractivity contribution in [3.05, 3.63) is 69.1 Å². The third-order valence-corrected chi connectivity index (χ3v) is 6.37. The molecule has 1 aromatic heterocycles. The largest absolute Gasteiger partial charge is 0.396 e. The summed E-state index contributed by atoms with van der Waals surface area (Å²) >= 11 is 6.40. The summed E-state index contributed by atoms with van der Waals surface area (Å²) < 4.78 is 1.77. The first kappa shape index (κ1) is 19.2. The van der Waals surface area contributed by atoms with Crippen LogP contribution in [0.3, 0.4) is 0 Å². The predicted octanol–water partition coefficient (Wildman–Crippen LogP) is 1.80. The first-order chi connectivity index (χ1) is 13.6. The van der Waals surface area contributed by atoms with Crippen molar-refractivity contribution in [2.45, 2.75) is 32.1 Å². The summed E-state index contributed by atoms with van der Waals surface area (Å²) in [5.74, 6) is -0.346. The molecule has 0 radical (unpaired) electrons. The lowest BCUT2D eigenvalue weighted by Gasteiger charge is -2.31. The van der Waals surface area contributed by atoms with E-state index in [4.69, 9.17) is 11.6 Å². The lowest BCUT2D eigenvalue weighted by atomic mass is 9.88. The van der Waals surface area contributed by atoms with E-state index in [0.29, 0.717) is 24.7 Å². The van der Waals surface area contributed by atoms with Crippen LogP contribution in [0.4, 0.5) is 0 Å². The van der Waals surface area contributed by atoms with Gasteiger partial charge in [0.15, 0.2) is 0 Å². The van der Waals surface area contributed by atoms with E-state index in [1.807, 2.05) is 37.3 Å². The molecular formula is C21H24ClN3O3. The zero-order valence-corrected chi connectivity index (χ0v) is 16.5. The van der Waals surface area contributed by atoms with Gasteiger partial charge < -0.3 is 15.0 Å². The normalized spacial score (nSPS) is 26.1. The number of halogens is 1. The minimum Gasteiger partial charge on any atom is -0.396 e. The second-order valence-electron chi connectivity index (χ2n) is 7.46. The Hall–Kier alpha value is -2.15. The van der Waals surface area contributed by atoms with Crippen LogP contribution in [0.15, 0.2) is 47.3 Å². The number of pyridine rings is 1. The molecule has 28 heavy (non-hydrogen) atoms. The highest BCUT2D eigenvalue weighted by Crippen LogP contribution is 2.49. The number of amides is 1. The predicted molar refractivity (Wildman–Crippen MR) is 107 cm³/mol. The van der Waals surface area contributed by atoms with Crippen molar-refractivity contribution in [2.75, 3.05) is 13.2 Å². The lowest BCUT2D eigenvalue weighted by molar-refractivity contribution is -0.127. The molecule has 6 nitrogen and oxygen atoms in total. The molecule has 2 aromatic rings. The Morgan fingerprint density at radius 1 is 1.25 bits per heavy atom. The molecular weight excluding hydrogens is 378 g/mol. The summed E-state index contributed by atoms with van der Waals surface area (Å²) in [5.41, 5.74) is 1.78. The van der Waals surface area contributed by atoms with Gasteiger partial charge in [0.25, 0.3) is 5.56 Å². The molecule has 2 N–H and O–H groups in total. The highest BCUT2D eigenvalue weighted by molar-refractivity contribution is 6.31. The third kappa shape index (κ3) is 3.05. The van der Waals surface area contributed by atoms with Crippen molar-refractivity contribution in [1.29, 1.82) is 0 Å². The molecule has 1 aromatic carbocycles. The highest BCUT2D eigenvalue weighted by atomic mass is 35.5. The minimum atomic E-state index is -0.472. The molecule has 1 saturated heterocycles. The number of hydrogen-bond acceptors (Lipinski definition) is 4. The van der Waals surface area contributed by atoms with Crippen molar-refractivity contribution < 1.29 is 9.90 Å². The van der Waals surface area contributed by atoms with E-state index in [0.717, 1.165) is 11.3 Å². The Morgan fingerprint density at radius 3 is 2.75 bits per heavy atom. The smallest absolute Gasteiger partial charge is 0.250 e. The number of carbonyl (C=O) groups excluding carboxylic acids is 1. The number of nitrogens with one attached hydrogen (secondary N) is 1. The average Bonchev–Trinajstić information content (AvgIpc) is 3.20. The minimum absolute atomic E-state index is 0.00445. The Balaban J connectivity index is 1.80. The van der Waals surface area contributed by atoms with Gasteiger partial charge in [0.05, 0.1) is 12.1 Å². The van der Waals surface area contributed by atoms with Crippen LogP contribution in [-0.4, -0.2) is 39.7 Å². The molecule has 4 atom stereocenters. The maximum atomic E-state index is 12.9. The molecule has 0 spiro atoms. The maximum absolute atomic E-state index is 12.9. The second-order valence-corrected chi connectivity index (χ2v) is 7.86. The zero-order valence-electron chi connectivity index (χ0n) is 15.7. The van der Waals surface area contributed by atoms with Gasteiger partial charge in [-0.3, -0.25) is 14.5 Å². The van der Waals surface area contributed by atoms with E-state index >= 15 is 0 Å². The molecule has 0 saturated carbocycles. The monoisotopic (exact) mass is 401 g/mol. The highest BCUT2D eigenvalue weighted by Gasteiger charge is 2.55. The summed E-state index contributed by atoms with van der Waals surface area (Å²) in [6.45, 7) is 3.29. The van der Waals surface area contributed by atoms with Gasteiger partial charge >= 0.3 is 0 Å². The van der Waals surface area contributed by atoms with E-state index < -0.39 is 6.04 Å². The van der Waals surface area contributed by atoms with Crippen molar-refractivity contribution in [3.8, 4) is 0 Å². The van der Waals surface area contributed by atoms with Crippen molar-refractivity contribution >= 4 is 17.5 Å². The number of fused-ring (bicyclic) bond motifs is 3. The molecule has 1 amide bonds. The van der Waals surface area contributed by atoms with Crippen molar-refractivity contribution in [1.82, 2.24) is 14.8 Å². The number of benzene rings is 1. The molecule has 0 unspecified atom stereocenters. The number of aliphatic hydroxyl groups excluding tert-OH is 1. The number of likely N-dealkylation sites (N-methyl/N-ethyl adjacent to an activating group) is 1. The van der Waals surface area contributed by atoms with E-state index in [9.17, 15) is 14.7 Å². The van der Waals surface area contributed by atoms with Crippen LogP contribution in [0.25, 0.3) is 0 Å². The number of hydrogen-bond donors (Lipinski definition) is 2. The van der Waals surface area contributed by atoms with Crippen LogP contribution in [-0.2, 0) is 17.9 Å². The van der Waals surface area contributed by atoms with Gasteiger partial charge in [0, 0.05) is 54.9 Å². The maximum Gasteiger partial charge on any atom is 0.250 e. The van der Waals surface area contributed by atoms with E-state index in [1.165, 1.54) is 0 Å². The second kappa shape index (κ2) is 7.70. The molecule has 2 aliphatic heterocycles. The number of aromatic nitrogens is 1. The number of carbonyl (C=O) groups is 1. The van der Waals surface area contributed by atoms with E-state index in [1.54, 1.807) is 16.7 Å². The van der Waals surface area contributed by atoms with Crippen LogP contribution in [0.1, 0.15) is 24.2 Å². The molecule has 2 aliphatic rings. The fourth-order valence-electron chi connectivity index (χ4n) is 4.84. The molecule has 7 heteroatoms. The number of rotatable bonds is 5. The summed E-state index contributed by atoms with van der Waals surface area (Å²) in [5, 5.41) is 13.7. The van der Waals surface area contributed by atoms with Crippen LogP contribution in [0.2, 0.25) is 5.02 Å². The quantitative estimate of drug-likeness (QED) is 0.801. The number of likely N-dealkylation sites (tertiary alicyclic amines) is 1. The van der Waals surface area contributed by atoms with E-state index in [-0.39, 0.29) is 36.0 Å². The summed E-state index contributed by atoms with van der Waals surface area (Å²) in [4.78, 5) is 27.4. The van der Waals surface area contributed by atoms with Gasteiger partial charge in [0.1, 0.15) is 0 Å². The van der Waals surface area contributed by atoms with E-state index in [2.05, 4.69) is 10.2 Å². The van der Waals surface area contributed by atoms with Crippen LogP contribution >= 0.6 is 11.6 Å². The Morgan fingerprint density at radius 2 is 2.04 bits per heavy atom. The van der Waals surface area contributed by atoms with Gasteiger partial charge in [-0.15, -0.1) is 0 Å². The fraction of sp³-hybridized carbons (Fsp3) is 0.429. The molecule has 0 aliphatic carbocycles. The summed E-state index contributed by atoms with van der Waals surface area (Å²) in [7, 11) is 0. The third-order valence-electron chi connectivity index (χ3n) is 6.00. The van der Waals surface area contributed by atoms with Gasteiger partial charge in [-0.05, 0) is 24.6 Å². The van der Waals surface area contributed by atoms with Crippen LogP contribution in [0.5, 0.6) is 0 Å². The SMILES string of the molecule is CCNC(=O)[C@@H]1[C@@H](CO)[C@@H]2Cn3c(cccc3=O)[C@@H]2N1Cc1ccccc1Cl. The number of nitrogens with zero attached hydrogens (tertiary/aromatic N) is 2. The van der Waals surface area contributed by atoms with Crippen LogP contribution < -0.4 is 10.9 Å². The molecule has 148 valence electrons. The van der Waals surface area contributed by atoms with Gasteiger partial charge in [0.2, 0.25) is 5.91 Å². The first-order valence-corrected chi connectivity index (χ1v) is 10.0. The molecule has 4 rings (SSSR count). The van der Waals surface area contributed by atoms with Crippen molar-refractivity contribution in [3.63, 3.8) is 0 Å². The van der Waals surface area contributed by atoms with Gasteiger partial charge in [-0.2, -0.15) is 0 Å². The number of aliphatic hydroxyl groups is 1. The Kier molecular flexibility index (Phi) is 5.27. The topological polar surface area (TPSA) is 74.6 Å². The molecule has 1 fully saturated rings. The summed E-state index contributed by atoms with van der Waals surface area (Å²) in [6, 6.07) is 12.3. The first-order valence-electron chi connectivity index (χ1n) is 9.64. The standard InChI is InChI=1S/C21H24ClN3O3/c1-2-23-21(28)20-15(12-26)14-11-24-17(8-5-9-18(24)27)19(14)25(20)10-13-6-3-4-7-16(13)22/h3-9,14-15,19-20,26H,2,10-12H2,1H3,(H,23,28)/t14-,15-,19+,20-/m0/s1. The summed E-state index contributed by atoms with van der Waals surface area (Å²) in [6.07, 6.45) is 0. The Labute approximate surface area is 168 Å². The zero-order chi connectivity index (χ0) is 19.8. The lowest BCUT2D eigenvalue weighted by Crippen LogP contribution is -2.48. The fourth-order valence-corrected chi connectivity index (χ4v) is 5.03. The average molecular weight is 402 g/mol. The van der Waals surface area contributed by atoms with Gasteiger partial charge in [-0.1, -0.05) is 35.9 Å². The Bertz CT molecular complexity index is 944.